The van der Waals surface area contributed by atoms with E-state index in [1.54, 1.807) is 34.7 Å². The van der Waals surface area contributed by atoms with Gasteiger partial charge < -0.3 is 15.0 Å². The molecule has 9 nitrogen and oxygen atoms in total. The number of nitrogens with zero attached hydrogens (tertiary/aromatic N) is 5. The maximum atomic E-state index is 12.8. The molecule has 1 aromatic carbocycles. The van der Waals surface area contributed by atoms with Crippen LogP contribution < -0.4 is 15.0 Å². The van der Waals surface area contributed by atoms with Crippen LogP contribution in [0.25, 0.3) is 5.78 Å². The van der Waals surface area contributed by atoms with E-state index in [-0.39, 0.29) is 35.9 Å². The van der Waals surface area contributed by atoms with Crippen LogP contribution in [0.4, 0.5) is 5.69 Å². The van der Waals surface area contributed by atoms with Crippen molar-refractivity contribution < 1.29 is 14.3 Å². The Hall–Kier alpha value is -3.49. The van der Waals surface area contributed by atoms with Crippen LogP contribution in [0.15, 0.2) is 36.7 Å². The van der Waals surface area contributed by atoms with Crippen LogP contribution >= 0.6 is 0 Å². The fraction of sp³-hybridized carbons (Fsp3) is 0.350. The van der Waals surface area contributed by atoms with Gasteiger partial charge >= 0.3 is 0 Å². The SMILES string of the molecule is COc1ccc(N2CC(NC(=O)c3cc(C(C)C)n4ncnc4n3)CC2=O)cc1. The molecule has 0 spiro atoms. The highest BCUT2D eigenvalue weighted by Crippen LogP contribution is 2.24. The van der Waals surface area contributed by atoms with Crippen molar-refractivity contribution >= 4 is 23.3 Å². The summed E-state index contributed by atoms with van der Waals surface area (Å²) in [7, 11) is 1.59. The van der Waals surface area contributed by atoms with Crippen LogP contribution in [-0.4, -0.2) is 51.1 Å². The Labute approximate surface area is 167 Å². The number of ether oxygens (including phenoxy) is 1. The van der Waals surface area contributed by atoms with Gasteiger partial charge in [-0.25, -0.2) is 9.50 Å². The lowest BCUT2D eigenvalue weighted by Gasteiger charge is -2.17. The Morgan fingerprint density at radius 1 is 1.28 bits per heavy atom. The molecule has 2 amide bonds. The molecule has 3 aromatic rings. The average molecular weight is 394 g/mol. The van der Waals surface area contributed by atoms with Gasteiger partial charge in [0.1, 0.15) is 17.8 Å². The van der Waals surface area contributed by atoms with E-state index < -0.39 is 0 Å². The number of aromatic nitrogens is 4. The number of amides is 2. The quantitative estimate of drug-likeness (QED) is 0.708. The van der Waals surface area contributed by atoms with Crippen LogP contribution in [0.3, 0.4) is 0 Å². The Balaban J connectivity index is 1.50. The second kappa shape index (κ2) is 7.50. The number of hydrogen-bond donors (Lipinski definition) is 1. The minimum Gasteiger partial charge on any atom is -0.497 e. The third kappa shape index (κ3) is 3.63. The minimum atomic E-state index is -0.327. The molecule has 4 rings (SSSR count). The first-order valence-electron chi connectivity index (χ1n) is 9.42. The van der Waals surface area contributed by atoms with Gasteiger partial charge in [0.2, 0.25) is 5.91 Å². The Bertz CT molecular complexity index is 1060. The lowest BCUT2D eigenvalue weighted by molar-refractivity contribution is -0.117. The van der Waals surface area contributed by atoms with E-state index in [4.69, 9.17) is 4.74 Å². The summed E-state index contributed by atoms with van der Waals surface area (Å²) in [5, 5.41) is 7.09. The van der Waals surface area contributed by atoms with Crippen LogP contribution in [0, 0.1) is 0 Å². The van der Waals surface area contributed by atoms with Crippen molar-refractivity contribution in [3.05, 3.63) is 48.0 Å². The molecule has 150 valence electrons. The number of nitrogens with one attached hydrogen (secondary N) is 1. The molecule has 3 heterocycles. The van der Waals surface area contributed by atoms with Gasteiger partial charge in [-0.15, -0.1) is 0 Å². The number of methoxy groups -OCH3 is 1. The summed E-state index contributed by atoms with van der Waals surface area (Å²) in [6, 6.07) is 8.70. The first-order chi connectivity index (χ1) is 14.0. The predicted octanol–water partition coefficient (Wildman–Crippen LogP) is 1.79. The molecule has 1 N–H and O–H groups in total. The molecule has 1 aliphatic rings. The summed E-state index contributed by atoms with van der Waals surface area (Å²) in [5.41, 5.74) is 1.89. The third-order valence-corrected chi connectivity index (χ3v) is 4.95. The van der Waals surface area contributed by atoms with Crippen molar-refractivity contribution in [3.63, 3.8) is 0 Å². The van der Waals surface area contributed by atoms with Crippen molar-refractivity contribution in [2.45, 2.75) is 32.2 Å². The van der Waals surface area contributed by atoms with Crippen molar-refractivity contribution in [1.82, 2.24) is 24.9 Å². The molecular formula is C20H22N6O3. The van der Waals surface area contributed by atoms with Crippen molar-refractivity contribution in [3.8, 4) is 5.75 Å². The molecule has 0 saturated carbocycles. The van der Waals surface area contributed by atoms with Gasteiger partial charge in [-0.05, 0) is 36.2 Å². The van der Waals surface area contributed by atoms with E-state index in [1.807, 2.05) is 26.0 Å². The van der Waals surface area contributed by atoms with Gasteiger partial charge in [-0.1, -0.05) is 13.8 Å². The Morgan fingerprint density at radius 2 is 2.03 bits per heavy atom. The average Bonchev–Trinajstić information content (AvgIpc) is 3.33. The highest BCUT2D eigenvalue weighted by Gasteiger charge is 2.32. The standard InChI is InChI=1S/C20H22N6O3/c1-12(2)17-9-16(24-20-21-11-22-26(17)20)19(28)23-13-8-18(27)25(10-13)14-4-6-15(29-3)7-5-14/h4-7,9,11-13H,8,10H2,1-3H3,(H,23,28). The van der Waals surface area contributed by atoms with E-state index in [9.17, 15) is 9.59 Å². The van der Waals surface area contributed by atoms with Gasteiger partial charge in [0.05, 0.1) is 18.8 Å². The third-order valence-electron chi connectivity index (χ3n) is 4.95. The number of fused-ring (bicyclic) bond motifs is 1. The smallest absolute Gasteiger partial charge is 0.270 e. The maximum absolute atomic E-state index is 12.8. The summed E-state index contributed by atoms with van der Waals surface area (Å²) in [4.78, 5) is 35.3. The van der Waals surface area contributed by atoms with Crippen LogP contribution in [0.2, 0.25) is 0 Å². The Kier molecular flexibility index (Phi) is 4.87. The molecule has 1 saturated heterocycles. The van der Waals surface area contributed by atoms with Crippen LogP contribution in [0.5, 0.6) is 5.75 Å². The summed E-state index contributed by atoms with van der Waals surface area (Å²) in [5.74, 6) is 0.883. The van der Waals surface area contributed by atoms with E-state index in [1.165, 1.54) is 6.33 Å². The molecule has 9 heteroatoms. The number of hydrogen-bond acceptors (Lipinski definition) is 6. The number of carbonyl (C=O) groups excluding carboxylic acids is 2. The van der Waals surface area contributed by atoms with Crippen molar-refractivity contribution in [2.75, 3.05) is 18.6 Å². The first-order valence-corrected chi connectivity index (χ1v) is 9.42. The Morgan fingerprint density at radius 3 is 2.72 bits per heavy atom. The van der Waals surface area contributed by atoms with Crippen molar-refractivity contribution in [1.29, 1.82) is 0 Å². The van der Waals surface area contributed by atoms with Gasteiger partial charge in [0.15, 0.2) is 0 Å². The molecule has 29 heavy (non-hydrogen) atoms. The number of benzene rings is 1. The van der Waals surface area contributed by atoms with Gasteiger partial charge in [-0.3, -0.25) is 9.59 Å². The predicted molar refractivity (Wildman–Crippen MR) is 106 cm³/mol. The van der Waals surface area contributed by atoms with Gasteiger partial charge in [0, 0.05) is 18.7 Å². The molecule has 0 radical (unpaired) electrons. The van der Waals surface area contributed by atoms with E-state index >= 15 is 0 Å². The molecule has 1 unspecified atom stereocenters. The fourth-order valence-corrected chi connectivity index (χ4v) is 3.44. The zero-order valence-corrected chi connectivity index (χ0v) is 16.5. The van der Waals surface area contributed by atoms with Crippen LogP contribution in [-0.2, 0) is 4.79 Å². The van der Waals surface area contributed by atoms with E-state index in [2.05, 4.69) is 20.4 Å². The summed E-state index contributed by atoms with van der Waals surface area (Å²) in [6.45, 7) is 4.43. The zero-order valence-electron chi connectivity index (χ0n) is 16.5. The topological polar surface area (TPSA) is 102 Å². The number of carbonyl (C=O) groups is 2. The van der Waals surface area contributed by atoms with Gasteiger partial charge in [-0.2, -0.15) is 10.1 Å². The second-order valence-electron chi connectivity index (χ2n) is 7.27. The molecule has 1 atom stereocenters. The van der Waals surface area contributed by atoms with Crippen molar-refractivity contribution in [2.24, 2.45) is 0 Å². The van der Waals surface area contributed by atoms with E-state index in [0.29, 0.717) is 12.3 Å². The summed E-state index contributed by atoms with van der Waals surface area (Å²) >= 11 is 0. The fourth-order valence-electron chi connectivity index (χ4n) is 3.44. The molecule has 1 aliphatic heterocycles. The molecular weight excluding hydrogens is 372 g/mol. The largest absolute Gasteiger partial charge is 0.497 e. The minimum absolute atomic E-state index is 0.0378. The normalized spacial score (nSPS) is 16.6. The molecule has 0 aliphatic carbocycles. The number of rotatable bonds is 5. The summed E-state index contributed by atoms with van der Waals surface area (Å²) in [6.07, 6.45) is 1.65. The second-order valence-corrected chi connectivity index (χ2v) is 7.27. The van der Waals surface area contributed by atoms with Gasteiger partial charge in [0.25, 0.3) is 11.7 Å². The highest BCUT2D eigenvalue weighted by molar-refractivity contribution is 5.98. The lowest BCUT2D eigenvalue weighted by atomic mass is 10.1. The lowest BCUT2D eigenvalue weighted by Crippen LogP contribution is -2.37. The zero-order chi connectivity index (χ0) is 20.5. The molecule has 0 bridgehead atoms. The highest BCUT2D eigenvalue weighted by atomic mass is 16.5. The number of anilines is 1. The first kappa shape index (κ1) is 18.9. The molecule has 1 fully saturated rings. The summed E-state index contributed by atoms with van der Waals surface area (Å²) < 4.78 is 6.78. The van der Waals surface area contributed by atoms with E-state index in [0.717, 1.165) is 17.1 Å². The maximum Gasteiger partial charge on any atom is 0.270 e. The monoisotopic (exact) mass is 394 g/mol. The molecule has 2 aromatic heterocycles. The van der Waals surface area contributed by atoms with Crippen LogP contribution in [0.1, 0.15) is 42.4 Å².